The van der Waals surface area contributed by atoms with Crippen LogP contribution in [0.25, 0.3) is 0 Å². The maximum atomic E-state index is 13.7. The maximum Gasteiger partial charge on any atom is 0.135 e. The van der Waals surface area contributed by atoms with Gasteiger partial charge in [-0.1, -0.05) is 47.6 Å². The van der Waals surface area contributed by atoms with Gasteiger partial charge in [0.05, 0.1) is 27.0 Å². The summed E-state index contributed by atoms with van der Waals surface area (Å²) in [5.74, 6) is -0.490. The summed E-state index contributed by atoms with van der Waals surface area (Å²) in [7, 11) is 0. The van der Waals surface area contributed by atoms with Gasteiger partial charge in [0, 0.05) is 0 Å². The molecule has 0 aliphatic carbocycles. The molecule has 2 aromatic rings. The van der Waals surface area contributed by atoms with Crippen molar-refractivity contribution in [1.29, 1.82) is 0 Å². The fourth-order valence-electron chi connectivity index (χ4n) is 1.62. The summed E-state index contributed by atoms with van der Waals surface area (Å²) in [5.41, 5.74) is 6.67. The minimum absolute atomic E-state index is 0.0289. The Balaban J connectivity index is 2.47. The summed E-state index contributed by atoms with van der Waals surface area (Å²) in [6.07, 6.45) is 0. The van der Waals surface area contributed by atoms with Crippen LogP contribution in [0.4, 0.5) is 15.8 Å². The molecule has 0 bridgehead atoms. The van der Waals surface area contributed by atoms with Crippen LogP contribution in [0.2, 0.25) is 10.0 Å². The first-order valence-corrected chi connectivity index (χ1v) is 6.46. The van der Waals surface area contributed by atoms with Crippen molar-refractivity contribution in [2.24, 2.45) is 5.73 Å². The summed E-state index contributed by atoms with van der Waals surface area (Å²) >= 11 is 16.8. The number of halogens is 3. The molecule has 0 heterocycles. The number of thiocarbonyl (C=S) groups is 1. The van der Waals surface area contributed by atoms with Gasteiger partial charge < -0.3 is 11.1 Å². The van der Waals surface area contributed by atoms with Crippen molar-refractivity contribution in [2.45, 2.75) is 0 Å². The Labute approximate surface area is 125 Å². The van der Waals surface area contributed by atoms with Crippen molar-refractivity contribution in [3.05, 3.63) is 57.8 Å². The topological polar surface area (TPSA) is 38.0 Å². The number of hydrogen-bond donors (Lipinski definition) is 2. The van der Waals surface area contributed by atoms with Gasteiger partial charge in [-0.05, 0) is 24.3 Å². The Bertz CT molecular complexity index is 647. The number of benzene rings is 2. The van der Waals surface area contributed by atoms with Crippen molar-refractivity contribution in [3.63, 3.8) is 0 Å². The van der Waals surface area contributed by atoms with Crippen LogP contribution in [0.3, 0.4) is 0 Å². The van der Waals surface area contributed by atoms with Crippen LogP contribution in [0.15, 0.2) is 36.4 Å². The van der Waals surface area contributed by atoms with Gasteiger partial charge in [0.2, 0.25) is 0 Å². The number of anilines is 2. The van der Waals surface area contributed by atoms with Gasteiger partial charge >= 0.3 is 0 Å². The molecule has 2 aromatic carbocycles. The molecule has 0 amide bonds. The Morgan fingerprint density at radius 2 is 1.74 bits per heavy atom. The van der Waals surface area contributed by atoms with E-state index in [2.05, 4.69) is 5.32 Å². The second-order valence-corrected chi connectivity index (χ2v) is 4.98. The van der Waals surface area contributed by atoms with Gasteiger partial charge in [-0.2, -0.15) is 0 Å². The zero-order valence-electron chi connectivity index (χ0n) is 9.58. The third-order valence-electron chi connectivity index (χ3n) is 2.48. The normalized spacial score (nSPS) is 10.3. The average Bonchev–Trinajstić information content (AvgIpc) is 2.34. The van der Waals surface area contributed by atoms with E-state index in [1.165, 1.54) is 6.07 Å². The highest BCUT2D eigenvalue weighted by Gasteiger charge is 2.12. The predicted molar refractivity (Wildman–Crippen MR) is 82.0 cm³/mol. The van der Waals surface area contributed by atoms with Crippen molar-refractivity contribution >= 4 is 51.8 Å². The summed E-state index contributed by atoms with van der Waals surface area (Å²) in [5, 5.41) is 3.73. The van der Waals surface area contributed by atoms with Crippen LogP contribution in [0.1, 0.15) is 5.56 Å². The Hall–Kier alpha value is -1.36. The number of rotatable bonds is 3. The van der Waals surface area contributed by atoms with E-state index in [1.54, 1.807) is 30.3 Å². The molecule has 0 atom stereocenters. The van der Waals surface area contributed by atoms with E-state index in [0.717, 1.165) is 0 Å². The fraction of sp³-hybridized carbons (Fsp3) is 0. The highest BCUT2D eigenvalue weighted by Crippen LogP contribution is 2.33. The molecule has 0 radical (unpaired) electrons. The van der Waals surface area contributed by atoms with Crippen molar-refractivity contribution < 1.29 is 4.39 Å². The molecule has 2 nitrogen and oxygen atoms in total. The molecule has 0 aliphatic heterocycles. The van der Waals surface area contributed by atoms with Gasteiger partial charge in [0.25, 0.3) is 0 Å². The average molecular weight is 315 g/mol. The highest BCUT2D eigenvalue weighted by atomic mass is 35.5. The van der Waals surface area contributed by atoms with Crippen molar-refractivity contribution in [1.82, 2.24) is 0 Å². The molecule has 0 saturated heterocycles. The van der Waals surface area contributed by atoms with Gasteiger partial charge in [-0.25, -0.2) is 4.39 Å². The number of nitrogens with one attached hydrogen (secondary N) is 1. The zero-order chi connectivity index (χ0) is 14.0. The molecule has 0 fully saturated rings. The molecule has 19 heavy (non-hydrogen) atoms. The molecular formula is C13H9Cl2FN2S. The van der Waals surface area contributed by atoms with Crippen LogP contribution >= 0.6 is 35.4 Å². The van der Waals surface area contributed by atoms with Crippen LogP contribution in [0, 0.1) is 5.82 Å². The first-order valence-electron chi connectivity index (χ1n) is 5.30. The third kappa shape index (κ3) is 2.97. The molecule has 3 N–H and O–H groups in total. The molecule has 0 aromatic heterocycles. The minimum Gasteiger partial charge on any atom is -0.389 e. The standard InChI is InChI=1S/C13H9Cl2FN2S/c14-7-3-1-6-10(12(7)15)18-9-5-2-4-8(16)11(9)13(17)19/h1-6,18H,(H2,17,19). The predicted octanol–water partition coefficient (Wildman–Crippen LogP) is 4.51. The summed E-state index contributed by atoms with van der Waals surface area (Å²) in [6.45, 7) is 0. The van der Waals surface area contributed by atoms with Crippen LogP contribution in [-0.4, -0.2) is 4.99 Å². The van der Waals surface area contributed by atoms with Crippen molar-refractivity contribution in [3.8, 4) is 0 Å². The summed E-state index contributed by atoms with van der Waals surface area (Å²) in [6, 6.07) is 9.62. The molecule has 6 heteroatoms. The molecule has 0 saturated carbocycles. The molecule has 0 unspecified atom stereocenters. The lowest BCUT2D eigenvalue weighted by atomic mass is 10.1. The summed E-state index contributed by atoms with van der Waals surface area (Å²) < 4.78 is 13.7. The van der Waals surface area contributed by atoms with E-state index in [4.69, 9.17) is 41.2 Å². The third-order valence-corrected chi connectivity index (χ3v) is 3.50. The largest absolute Gasteiger partial charge is 0.389 e. The molecule has 0 spiro atoms. The van der Waals surface area contributed by atoms with Gasteiger partial charge in [-0.3, -0.25) is 0 Å². The summed E-state index contributed by atoms with van der Waals surface area (Å²) in [4.78, 5) is -0.0289. The smallest absolute Gasteiger partial charge is 0.135 e. The molecule has 98 valence electrons. The lowest BCUT2D eigenvalue weighted by Crippen LogP contribution is -2.14. The maximum absolute atomic E-state index is 13.7. The highest BCUT2D eigenvalue weighted by molar-refractivity contribution is 7.80. The Kier molecular flexibility index (Phi) is 4.24. The van der Waals surface area contributed by atoms with Crippen LogP contribution < -0.4 is 11.1 Å². The first kappa shape index (κ1) is 14.1. The molecular weight excluding hydrogens is 306 g/mol. The van der Waals surface area contributed by atoms with E-state index in [1.807, 2.05) is 0 Å². The monoisotopic (exact) mass is 314 g/mol. The van der Waals surface area contributed by atoms with E-state index >= 15 is 0 Å². The van der Waals surface area contributed by atoms with Crippen LogP contribution in [0.5, 0.6) is 0 Å². The molecule has 2 rings (SSSR count). The quantitative estimate of drug-likeness (QED) is 0.819. The lowest BCUT2D eigenvalue weighted by molar-refractivity contribution is 0.626. The molecule has 0 aliphatic rings. The second kappa shape index (κ2) is 5.74. The zero-order valence-corrected chi connectivity index (χ0v) is 11.9. The van der Waals surface area contributed by atoms with Gasteiger partial charge in [0.15, 0.2) is 0 Å². The van der Waals surface area contributed by atoms with Crippen LogP contribution in [-0.2, 0) is 0 Å². The number of nitrogens with two attached hydrogens (primary N) is 1. The second-order valence-electron chi connectivity index (χ2n) is 3.75. The van der Waals surface area contributed by atoms with E-state index in [0.29, 0.717) is 21.4 Å². The van der Waals surface area contributed by atoms with E-state index in [9.17, 15) is 4.39 Å². The lowest BCUT2D eigenvalue weighted by Gasteiger charge is -2.13. The Morgan fingerprint density at radius 3 is 2.42 bits per heavy atom. The van der Waals surface area contributed by atoms with Crippen molar-refractivity contribution in [2.75, 3.05) is 5.32 Å². The number of hydrogen-bond acceptors (Lipinski definition) is 2. The van der Waals surface area contributed by atoms with E-state index in [-0.39, 0.29) is 10.6 Å². The van der Waals surface area contributed by atoms with Gasteiger partial charge in [0.1, 0.15) is 10.8 Å². The van der Waals surface area contributed by atoms with Gasteiger partial charge in [-0.15, -0.1) is 0 Å². The minimum atomic E-state index is -0.490. The SMILES string of the molecule is NC(=S)c1c(F)cccc1Nc1cccc(Cl)c1Cl. The van der Waals surface area contributed by atoms with E-state index < -0.39 is 5.82 Å². The fourth-order valence-corrected chi connectivity index (χ4v) is 2.18. The Morgan fingerprint density at radius 1 is 1.11 bits per heavy atom. The first-order chi connectivity index (χ1) is 9.00.